The van der Waals surface area contributed by atoms with Gasteiger partial charge in [0.2, 0.25) is 0 Å². The summed E-state index contributed by atoms with van der Waals surface area (Å²) in [4.78, 5) is 12.5. The maximum Gasteiger partial charge on any atom is 0.135 e. The molecule has 0 N–H and O–H groups in total. The first kappa shape index (κ1) is 28.8. The van der Waals surface area contributed by atoms with E-state index < -0.39 is 5.67 Å². The van der Waals surface area contributed by atoms with E-state index in [1.54, 1.807) is 0 Å². The van der Waals surface area contributed by atoms with Gasteiger partial charge in [-0.2, -0.15) is 0 Å². The largest absolute Gasteiger partial charge is 0.371 e. The summed E-state index contributed by atoms with van der Waals surface area (Å²) in [5.41, 5.74) is 7.48. The topological polar surface area (TPSA) is 32.9 Å². The highest BCUT2D eigenvalue weighted by Gasteiger charge is 2.51. The highest BCUT2D eigenvalue weighted by Crippen LogP contribution is 2.49. The summed E-state index contributed by atoms with van der Waals surface area (Å²) in [5, 5.41) is 1.25. The molecule has 1 saturated carbocycles. The number of aliphatic imine (C=N–C) groups is 1. The molecule has 1 aromatic heterocycles. The molecule has 3 heterocycles. The van der Waals surface area contributed by atoms with E-state index in [1.165, 1.54) is 34.9 Å². The molecule has 2 fully saturated rings. The fourth-order valence-corrected chi connectivity index (χ4v) is 7.07. The third-order valence-corrected chi connectivity index (χ3v) is 10.1. The number of hydrogen-bond donors (Lipinski definition) is 0. The van der Waals surface area contributed by atoms with Crippen LogP contribution in [0.25, 0.3) is 11.8 Å². The van der Waals surface area contributed by atoms with Crippen LogP contribution in [0.1, 0.15) is 102 Å². The van der Waals surface area contributed by atoms with Crippen molar-refractivity contribution in [3.8, 4) is 0 Å². The Kier molecular flexibility index (Phi) is 8.14. The van der Waals surface area contributed by atoms with Crippen LogP contribution in [-0.4, -0.2) is 40.5 Å². The first-order valence-electron chi connectivity index (χ1n) is 15.7. The average Bonchev–Trinajstić information content (AvgIpc) is 3.52. The zero-order valence-electron chi connectivity index (χ0n) is 25.7. The molecule has 5 rings (SSSR count). The van der Waals surface area contributed by atoms with Gasteiger partial charge >= 0.3 is 0 Å². The monoisotopic (exact) mass is 544 g/mol. The Balaban J connectivity index is 1.49. The SMILES string of the molecule is C=C(c1cc(CC)c(C)c(N=C(C)c2cc3c(n2CC2CC2)=NCCC=3)c1)N1CCC(CC)(C(C)(F)CCC)C1. The highest BCUT2D eigenvalue weighted by molar-refractivity contribution is 5.99. The molecule has 3 aliphatic rings. The number of alkyl halides is 1. The summed E-state index contributed by atoms with van der Waals surface area (Å²) < 4.78 is 18.4. The number of aryl methyl sites for hydroxylation is 1. The second-order valence-electron chi connectivity index (χ2n) is 12.8. The second kappa shape index (κ2) is 11.3. The van der Waals surface area contributed by atoms with Crippen molar-refractivity contribution in [2.24, 2.45) is 21.3 Å². The molecular formula is C35H49FN4. The van der Waals surface area contributed by atoms with Crippen LogP contribution in [0.2, 0.25) is 0 Å². The lowest BCUT2D eigenvalue weighted by atomic mass is 9.69. The standard InChI is InChI=1S/C35H49FN4/c1-8-15-34(7,36)35(10-3)16-18-39(23-35)26(6)30-19-28(9-2)24(4)31(20-30)38-25(5)32-21-29-12-11-17-37-33(29)40(32)22-27-13-14-27/h12,19-21,27H,6,8-11,13-18,22-23H2,1-5,7H3. The van der Waals surface area contributed by atoms with Gasteiger partial charge in [0.15, 0.2) is 0 Å². The van der Waals surface area contributed by atoms with E-state index in [0.29, 0.717) is 6.42 Å². The lowest BCUT2D eigenvalue weighted by molar-refractivity contribution is 0.00393. The van der Waals surface area contributed by atoms with E-state index in [-0.39, 0.29) is 5.41 Å². The summed E-state index contributed by atoms with van der Waals surface area (Å²) in [7, 11) is 0. The van der Waals surface area contributed by atoms with E-state index in [9.17, 15) is 0 Å². The number of hydrogen-bond acceptors (Lipinski definition) is 3. The molecule has 2 aromatic rings. The van der Waals surface area contributed by atoms with E-state index in [1.807, 2.05) is 6.92 Å². The first-order valence-corrected chi connectivity index (χ1v) is 15.7. The minimum absolute atomic E-state index is 0.323. The van der Waals surface area contributed by atoms with Gasteiger partial charge in [0.25, 0.3) is 0 Å². The Hall–Kier alpha value is -2.69. The van der Waals surface area contributed by atoms with Crippen molar-refractivity contribution < 1.29 is 4.39 Å². The minimum atomic E-state index is -1.17. The van der Waals surface area contributed by atoms with Gasteiger partial charge in [-0.25, -0.2) is 4.39 Å². The molecule has 2 atom stereocenters. The second-order valence-corrected chi connectivity index (χ2v) is 12.8. The number of fused-ring (bicyclic) bond motifs is 1. The van der Waals surface area contributed by atoms with E-state index in [2.05, 4.69) is 74.9 Å². The molecule has 1 aliphatic carbocycles. The van der Waals surface area contributed by atoms with Crippen LogP contribution in [0.5, 0.6) is 0 Å². The molecule has 4 nitrogen and oxygen atoms in total. The van der Waals surface area contributed by atoms with E-state index in [0.717, 1.165) is 92.3 Å². The zero-order chi connectivity index (χ0) is 28.7. The highest BCUT2D eigenvalue weighted by atomic mass is 19.1. The predicted molar refractivity (Wildman–Crippen MR) is 167 cm³/mol. The van der Waals surface area contributed by atoms with Gasteiger partial charge in [-0.3, -0.25) is 9.98 Å². The van der Waals surface area contributed by atoms with Crippen molar-refractivity contribution in [3.63, 3.8) is 0 Å². The number of likely N-dealkylation sites (tertiary alicyclic amines) is 1. The number of rotatable bonds is 11. The first-order chi connectivity index (χ1) is 19.1. The molecule has 0 radical (unpaired) electrons. The van der Waals surface area contributed by atoms with Crippen molar-refractivity contribution in [2.45, 2.75) is 105 Å². The van der Waals surface area contributed by atoms with Crippen LogP contribution < -0.4 is 10.7 Å². The summed E-state index contributed by atoms with van der Waals surface area (Å²) >= 11 is 0. The zero-order valence-corrected chi connectivity index (χ0v) is 25.7. The fourth-order valence-electron chi connectivity index (χ4n) is 7.07. The third kappa shape index (κ3) is 5.33. The molecule has 0 spiro atoms. The van der Waals surface area contributed by atoms with Gasteiger partial charge in [-0.1, -0.05) is 39.8 Å². The van der Waals surface area contributed by atoms with Crippen LogP contribution in [-0.2, 0) is 13.0 Å². The van der Waals surface area contributed by atoms with Crippen molar-refractivity contribution in [2.75, 3.05) is 19.6 Å². The Morgan fingerprint density at radius 2 is 2.00 bits per heavy atom. The summed E-state index contributed by atoms with van der Waals surface area (Å²) in [6.45, 7) is 20.6. The van der Waals surface area contributed by atoms with Crippen molar-refractivity contribution in [1.82, 2.24) is 9.47 Å². The molecule has 1 aromatic carbocycles. The maximum atomic E-state index is 15.9. The lowest BCUT2D eigenvalue weighted by Gasteiger charge is -2.40. The Bertz CT molecular complexity index is 1420. The Morgan fingerprint density at radius 1 is 1.23 bits per heavy atom. The normalized spacial score (nSPS) is 22.5. The maximum absolute atomic E-state index is 15.9. The van der Waals surface area contributed by atoms with Gasteiger partial charge in [0.05, 0.1) is 17.1 Å². The van der Waals surface area contributed by atoms with E-state index >= 15 is 4.39 Å². The van der Waals surface area contributed by atoms with Gasteiger partial charge < -0.3 is 9.47 Å². The van der Waals surface area contributed by atoms with E-state index in [4.69, 9.17) is 9.98 Å². The van der Waals surface area contributed by atoms with Crippen molar-refractivity contribution in [3.05, 3.63) is 57.9 Å². The minimum Gasteiger partial charge on any atom is -0.371 e. The molecular weight excluding hydrogens is 495 g/mol. The summed E-state index contributed by atoms with van der Waals surface area (Å²) in [6.07, 6.45) is 10.1. The smallest absolute Gasteiger partial charge is 0.135 e. The lowest BCUT2D eigenvalue weighted by Crippen LogP contribution is -2.44. The summed E-state index contributed by atoms with van der Waals surface area (Å²) in [5.74, 6) is 0.763. The van der Waals surface area contributed by atoms with Crippen LogP contribution in [0, 0.1) is 18.3 Å². The molecule has 5 heteroatoms. The molecule has 40 heavy (non-hydrogen) atoms. The molecule has 0 bridgehead atoms. The fraction of sp³-hybridized carbons (Fsp3) is 0.600. The molecule has 2 aliphatic heterocycles. The molecule has 216 valence electrons. The van der Waals surface area contributed by atoms with Crippen molar-refractivity contribution in [1.29, 1.82) is 0 Å². The Labute approximate surface area is 240 Å². The number of aromatic nitrogens is 1. The number of halogens is 1. The van der Waals surface area contributed by atoms with Crippen LogP contribution in [0.3, 0.4) is 0 Å². The van der Waals surface area contributed by atoms with Crippen LogP contribution in [0.4, 0.5) is 10.1 Å². The number of benzene rings is 1. The van der Waals surface area contributed by atoms with Crippen LogP contribution >= 0.6 is 0 Å². The Morgan fingerprint density at radius 3 is 2.67 bits per heavy atom. The molecule has 2 unspecified atom stereocenters. The molecule has 0 amide bonds. The van der Waals surface area contributed by atoms with Crippen molar-refractivity contribution >= 4 is 23.2 Å². The van der Waals surface area contributed by atoms with Gasteiger partial charge in [-0.05, 0) is 107 Å². The third-order valence-electron chi connectivity index (χ3n) is 10.1. The molecule has 1 saturated heterocycles. The average molecular weight is 545 g/mol. The quantitative estimate of drug-likeness (QED) is 0.273. The van der Waals surface area contributed by atoms with Gasteiger partial charge in [-0.15, -0.1) is 0 Å². The predicted octanol–water partition coefficient (Wildman–Crippen LogP) is 7.31. The summed E-state index contributed by atoms with van der Waals surface area (Å²) in [6, 6.07) is 6.77. The van der Waals surface area contributed by atoms with Crippen LogP contribution in [0.15, 0.2) is 34.8 Å². The number of nitrogens with zero attached hydrogens (tertiary/aromatic N) is 4. The van der Waals surface area contributed by atoms with Gasteiger partial charge in [0.1, 0.15) is 11.2 Å². The van der Waals surface area contributed by atoms with Gasteiger partial charge in [0, 0.05) is 42.5 Å².